The van der Waals surface area contributed by atoms with Crippen molar-refractivity contribution in [1.29, 1.82) is 0 Å². The van der Waals surface area contributed by atoms with Crippen LogP contribution in [0.4, 0.5) is 0 Å². The summed E-state index contributed by atoms with van der Waals surface area (Å²) in [6, 6.07) is 0.456. The molecule has 1 saturated heterocycles. The first kappa shape index (κ1) is 15.3. The minimum absolute atomic E-state index is 0.348. The van der Waals surface area contributed by atoms with Gasteiger partial charge in [0.1, 0.15) is 5.54 Å². The second-order valence-electron chi connectivity index (χ2n) is 7.45. The Balaban J connectivity index is 1.67. The number of likely N-dealkylation sites (tertiary alicyclic amines) is 1. The van der Waals surface area contributed by atoms with Gasteiger partial charge in [0.15, 0.2) is 0 Å². The summed E-state index contributed by atoms with van der Waals surface area (Å²) in [4.78, 5) is 14.5. The van der Waals surface area contributed by atoms with Gasteiger partial charge in [-0.2, -0.15) is 0 Å². The Morgan fingerprint density at radius 2 is 1.95 bits per heavy atom. The van der Waals surface area contributed by atoms with Crippen molar-refractivity contribution in [2.24, 2.45) is 11.8 Å². The summed E-state index contributed by atoms with van der Waals surface area (Å²) in [6.07, 6.45) is 9.50. The topological polar surface area (TPSA) is 52.6 Å². The van der Waals surface area contributed by atoms with Crippen molar-refractivity contribution in [2.75, 3.05) is 19.6 Å². The third kappa shape index (κ3) is 3.59. The Morgan fingerprint density at radius 1 is 1.19 bits per heavy atom. The number of rotatable bonds is 7. The smallest absolute Gasteiger partial charge is 0.325 e. The van der Waals surface area contributed by atoms with Crippen molar-refractivity contribution >= 4 is 5.97 Å². The second kappa shape index (κ2) is 6.25. The Kier molecular flexibility index (Phi) is 4.55. The normalized spacial score (nSPS) is 30.6. The van der Waals surface area contributed by atoms with Gasteiger partial charge in [-0.05, 0) is 69.9 Å². The highest BCUT2D eigenvalue weighted by Crippen LogP contribution is 2.42. The molecule has 4 nitrogen and oxygen atoms in total. The molecule has 0 bridgehead atoms. The molecule has 21 heavy (non-hydrogen) atoms. The summed E-state index contributed by atoms with van der Waals surface area (Å²) in [5, 5.41) is 13.4. The Morgan fingerprint density at radius 3 is 2.52 bits per heavy atom. The molecule has 0 aromatic heterocycles. The standard InChI is InChI=1S/C17H30N2O2/c1-2-13-4-3-10-19(11-9-13)12-17(16(20)21,14-5-6-14)18-15-7-8-15/h13-15,18H,2-12H2,1H3,(H,20,21). The first-order valence-corrected chi connectivity index (χ1v) is 8.87. The molecule has 0 radical (unpaired) electrons. The van der Waals surface area contributed by atoms with Crippen LogP contribution in [0.5, 0.6) is 0 Å². The van der Waals surface area contributed by atoms with Crippen molar-refractivity contribution in [3.05, 3.63) is 0 Å². The lowest BCUT2D eigenvalue weighted by Crippen LogP contribution is -2.61. The summed E-state index contributed by atoms with van der Waals surface area (Å²) in [5.41, 5.74) is -0.673. The number of hydrogen-bond acceptors (Lipinski definition) is 3. The van der Waals surface area contributed by atoms with Gasteiger partial charge in [-0.3, -0.25) is 10.1 Å². The van der Waals surface area contributed by atoms with Gasteiger partial charge in [-0.25, -0.2) is 0 Å². The number of hydrogen-bond donors (Lipinski definition) is 2. The van der Waals surface area contributed by atoms with E-state index >= 15 is 0 Å². The summed E-state index contributed by atoms with van der Waals surface area (Å²) >= 11 is 0. The van der Waals surface area contributed by atoms with Crippen LogP contribution in [0.3, 0.4) is 0 Å². The maximum atomic E-state index is 12.1. The Bertz CT molecular complexity index is 379. The van der Waals surface area contributed by atoms with Crippen molar-refractivity contribution in [1.82, 2.24) is 10.2 Å². The Labute approximate surface area is 128 Å². The van der Waals surface area contributed by atoms with Gasteiger partial charge in [-0.15, -0.1) is 0 Å². The lowest BCUT2D eigenvalue weighted by Gasteiger charge is -2.36. The molecule has 0 aromatic carbocycles. The average molecular weight is 294 g/mol. The molecule has 2 unspecified atom stereocenters. The summed E-state index contributed by atoms with van der Waals surface area (Å²) in [7, 11) is 0. The number of carboxylic acid groups (broad SMARTS) is 1. The van der Waals surface area contributed by atoms with Crippen LogP contribution in [-0.4, -0.2) is 47.2 Å². The van der Waals surface area contributed by atoms with Gasteiger partial charge in [0.05, 0.1) is 0 Å². The lowest BCUT2D eigenvalue weighted by molar-refractivity contribution is -0.147. The van der Waals surface area contributed by atoms with Gasteiger partial charge >= 0.3 is 5.97 Å². The third-order valence-corrected chi connectivity index (χ3v) is 5.69. The van der Waals surface area contributed by atoms with Crippen LogP contribution in [0.1, 0.15) is 58.3 Å². The van der Waals surface area contributed by atoms with Crippen molar-refractivity contribution in [3.63, 3.8) is 0 Å². The monoisotopic (exact) mass is 294 g/mol. The largest absolute Gasteiger partial charge is 0.480 e. The molecule has 1 aliphatic heterocycles. The van der Waals surface area contributed by atoms with E-state index in [1.807, 2.05) is 0 Å². The first-order valence-electron chi connectivity index (χ1n) is 8.87. The number of nitrogens with one attached hydrogen (secondary N) is 1. The molecule has 4 heteroatoms. The van der Waals surface area contributed by atoms with Gasteiger partial charge in [0.25, 0.3) is 0 Å². The molecule has 3 fully saturated rings. The fourth-order valence-electron chi connectivity index (χ4n) is 3.91. The van der Waals surface area contributed by atoms with Crippen molar-refractivity contribution in [2.45, 2.75) is 69.9 Å². The molecule has 3 rings (SSSR count). The third-order valence-electron chi connectivity index (χ3n) is 5.69. The SMILES string of the molecule is CCC1CCCN(CC(NC2CC2)(C(=O)O)C2CC2)CC1. The van der Waals surface area contributed by atoms with E-state index in [0.717, 1.165) is 44.7 Å². The van der Waals surface area contributed by atoms with Crippen LogP contribution in [0.15, 0.2) is 0 Å². The molecule has 0 spiro atoms. The zero-order valence-electron chi connectivity index (χ0n) is 13.3. The molecule has 0 aromatic rings. The van der Waals surface area contributed by atoms with Crippen molar-refractivity contribution in [3.8, 4) is 0 Å². The van der Waals surface area contributed by atoms with E-state index in [1.54, 1.807) is 0 Å². The van der Waals surface area contributed by atoms with Crippen LogP contribution in [-0.2, 0) is 4.79 Å². The van der Waals surface area contributed by atoms with E-state index in [4.69, 9.17) is 0 Å². The minimum atomic E-state index is -0.673. The molecule has 3 aliphatic rings. The summed E-state index contributed by atoms with van der Waals surface area (Å²) in [5.74, 6) is 0.570. The van der Waals surface area contributed by atoms with E-state index in [0.29, 0.717) is 18.5 Å². The van der Waals surface area contributed by atoms with Crippen LogP contribution in [0.25, 0.3) is 0 Å². The average Bonchev–Trinajstić information content (AvgIpc) is 3.30. The minimum Gasteiger partial charge on any atom is -0.480 e. The number of carbonyl (C=O) groups is 1. The van der Waals surface area contributed by atoms with Crippen LogP contribution >= 0.6 is 0 Å². The van der Waals surface area contributed by atoms with Gasteiger partial charge in [0.2, 0.25) is 0 Å². The lowest BCUT2D eigenvalue weighted by atomic mass is 9.91. The van der Waals surface area contributed by atoms with Gasteiger partial charge in [0, 0.05) is 12.6 Å². The predicted molar refractivity (Wildman–Crippen MR) is 83.3 cm³/mol. The molecule has 2 N–H and O–H groups in total. The Hall–Kier alpha value is -0.610. The molecule has 2 saturated carbocycles. The van der Waals surface area contributed by atoms with Gasteiger partial charge in [-0.1, -0.05) is 13.3 Å². The first-order chi connectivity index (χ1) is 10.1. The zero-order valence-corrected chi connectivity index (χ0v) is 13.3. The van der Waals surface area contributed by atoms with Crippen LogP contribution < -0.4 is 5.32 Å². The summed E-state index contributed by atoms with van der Waals surface area (Å²) < 4.78 is 0. The predicted octanol–water partition coefficient (Wildman–Crippen LogP) is 2.48. The molecular weight excluding hydrogens is 264 g/mol. The second-order valence-corrected chi connectivity index (χ2v) is 7.45. The molecular formula is C17H30N2O2. The zero-order chi connectivity index (χ0) is 14.9. The fourth-order valence-corrected chi connectivity index (χ4v) is 3.91. The molecule has 1 heterocycles. The highest BCUT2D eigenvalue weighted by atomic mass is 16.4. The highest BCUT2D eigenvalue weighted by molar-refractivity contribution is 5.80. The maximum Gasteiger partial charge on any atom is 0.325 e. The molecule has 0 amide bonds. The van der Waals surface area contributed by atoms with Crippen LogP contribution in [0.2, 0.25) is 0 Å². The van der Waals surface area contributed by atoms with E-state index in [2.05, 4.69) is 17.1 Å². The van der Waals surface area contributed by atoms with Crippen LogP contribution in [0, 0.1) is 11.8 Å². The van der Waals surface area contributed by atoms with E-state index in [-0.39, 0.29) is 0 Å². The summed E-state index contributed by atoms with van der Waals surface area (Å²) in [6.45, 7) is 5.14. The number of carboxylic acids is 1. The number of aliphatic carboxylic acids is 1. The van der Waals surface area contributed by atoms with E-state index in [1.165, 1.54) is 25.7 Å². The quantitative estimate of drug-likeness (QED) is 0.757. The van der Waals surface area contributed by atoms with Gasteiger partial charge < -0.3 is 10.0 Å². The molecule has 120 valence electrons. The fraction of sp³-hybridized carbons (Fsp3) is 0.941. The maximum absolute atomic E-state index is 12.1. The highest BCUT2D eigenvalue weighted by Gasteiger charge is 2.53. The molecule has 2 aliphatic carbocycles. The number of nitrogens with zero attached hydrogens (tertiary/aromatic N) is 1. The van der Waals surface area contributed by atoms with E-state index in [9.17, 15) is 9.90 Å². The van der Waals surface area contributed by atoms with E-state index < -0.39 is 11.5 Å². The van der Waals surface area contributed by atoms with Crippen molar-refractivity contribution < 1.29 is 9.90 Å². The molecule has 2 atom stereocenters.